The molecule has 1 aliphatic rings. The minimum atomic E-state index is -3.42. The molecular formula is C15H21ClN2O3S. The molecule has 2 rings (SSSR count). The van der Waals surface area contributed by atoms with Gasteiger partial charge in [-0.05, 0) is 25.0 Å². The first-order valence-corrected chi connectivity index (χ1v) is 9.62. The molecule has 0 aromatic heterocycles. The van der Waals surface area contributed by atoms with E-state index in [-0.39, 0.29) is 18.5 Å². The molecule has 0 heterocycles. The lowest BCUT2D eigenvalue weighted by atomic mass is 9.95. The highest BCUT2D eigenvalue weighted by molar-refractivity contribution is 7.88. The number of rotatable bonds is 5. The molecule has 1 N–H and O–H groups in total. The molecule has 1 fully saturated rings. The van der Waals surface area contributed by atoms with E-state index >= 15 is 0 Å². The maximum Gasteiger partial charge on any atom is 0.239 e. The molecule has 0 spiro atoms. The number of halogens is 1. The predicted octanol–water partition coefficient (Wildman–Crippen LogP) is 2.87. The van der Waals surface area contributed by atoms with Gasteiger partial charge in [0.2, 0.25) is 15.9 Å². The van der Waals surface area contributed by atoms with Gasteiger partial charge in [-0.2, -0.15) is 4.31 Å². The van der Waals surface area contributed by atoms with Crippen LogP contribution in [0, 0.1) is 0 Å². The molecule has 0 bridgehead atoms. The van der Waals surface area contributed by atoms with Crippen molar-refractivity contribution in [1.29, 1.82) is 0 Å². The van der Waals surface area contributed by atoms with Gasteiger partial charge in [0.15, 0.2) is 0 Å². The molecule has 1 amide bonds. The van der Waals surface area contributed by atoms with Crippen LogP contribution >= 0.6 is 11.6 Å². The van der Waals surface area contributed by atoms with Gasteiger partial charge in [-0.15, -0.1) is 0 Å². The van der Waals surface area contributed by atoms with Gasteiger partial charge in [0, 0.05) is 6.04 Å². The van der Waals surface area contributed by atoms with E-state index in [1.165, 1.54) is 4.31 Å². The number of hydrogen-bond donors (Lipinski definition) is 1. The zero-order valence-corrected chi connectivity index (χ0v) is 14.2. The fourth-order valence-electron chi connectivity index (χ4n) is 2.78. The maximum atomic E-state index is 12.2. The second kappa shape index (κ2) is 7.44. The minimum absolute atomic E-state index is 0.0826. The highest BCUT2D eigenvalue weighted by Crippen LogP contribution is 2.25. The Morgan fingerprint density at radius 2 is 1.91 bits per heavy atom. The van der Waals surface area contributed by atoms with E-state index in [1.807, 2.05) is 0 Å². The Morgan fingerprint density at radius 3 is 2.50 bits per heavy atom. The molecule has 0 radical (unpaired) electrons. The lowest BCUT2D eigenvalue weighted by Crippen LogP contribution is -2.45. The van der Waals surface area contributed by atoms with Crippen molar-refractivity contribution in [2.24, 2.45) is 0 Å². The van der Waals surface area contributed by atoms with E-state index < -0.39 is 10.0 Å². The molecule has 1 aromatic carbocycles. The summed E-state index contributed by atoms with van der Waals surface area (Å²) in [5.74, 6) is -0.371. The van der Waals surface area contributed by atoms with Crippen molar-refractivity contribution in [1.82, 2.24) is 4.31 Å². The SMILES string of the molecule is CS(=O)(=O)N(CC(=O)Nc1ccccc1Cl)C1CCCCC1. The number of anilines is 1. The van der Waals surface area contributed by atoms with E-state index in [2.05, 4.69) is 5.32 Å². The predicted molar refractivity (Wildman–Crippen MR) is 88.5 cm³/mol. The second-order valence-corrected chi connectivity index (χ2v) is 7.97. The van der Waals surface area contributed by atoms with Gasteiger partial charge in [-0.1, -0.05) is 43.0 Å². The number of para-hydroxylation sites is 1. The highest BCUT2D eigenvalue weighted by atomic mass is 35.5. The number of amides is 1. The van der Waals surface area contributed by atoms with Crippen LogP contribution in [0.5, 0.6) is 0 Å². The van der Waals surface area contributed by atoms with Gasteiger partial charge in [0.25, 0.3) is 0 Å². The van der Waals surface area contributed by atoms with E-state index in [9.17, 15) is 13.2 Å². The van der Waals surface area contributed by atoms with Crippen LogP contribution in [0.15, 0.2) is 24.3 Å². The quantitative estimate of drug-likeness (QED) is 0.893. The molecule has 22 heavy (non-hydrogen) atoms. The Hall–Kier alpha value is -1.11. The minimum Gasteiger partial charge on any atom is -0.324 e. The second-order valence-electron chi connectivity index (χ2n) is 5.63. The number of carbonyl (C=O) groups excluding carboxylic acids is 1. The van der Waals surface area contributed by atoms with Crippen molar-refractivity contribution in [3.63, 3.8) is 0 Å². The third-order valence-corrected chi connectivity index (χ3v) is 5.46. The Morgan fingerprint density at radius 1 is 1.27 bits per heavy atom. The number of hydrogen-bond acceptors (Lipinski definition) is 3. The normalized spacial score (nSPS) is 16.7. The van der Waals surface area contributed by atoms with Crippen LogP contribution in [-0.4, -0.2) is 37.5 Å². The third-order valence-electron chi connectivity index (χ3n) is 3.86. The summed E-state index contributed by atoms with van der Waals surface area (Å²) in [6, 6.07) is 6.80. The highest BCUT2D eigenvalue weighted by Gasteiger charge is 2.29. The number of nitrogens with zero attached hydrogens (tertiary/aromatic N) is 1. The average molecular weight is 345 g/mol. The summed E-state index contributed by atoms with van der Waals surface area (Å²) < 4.78 is 25.3. The number of carbonyl (C=O) groups is 1. The number of nitrogens with one attached hydrogen (secondary N) is 1. The fraction of sp³-hybridized carbons (Fsp3) is 0.533. The molecule has 1 aliphatic carbocycles. The van der Waals surface area contributed by atoms with Crippen molar-refractivity contribution in [3.8, 4) is 0 Å². The Labute approximate surface area is 136 Å². The maximum absolute atomic E-state index is 12.2. The van der Waals surface area contributed by atoms with E-state index in [4.69, 9.17) is 11.6 Å². The van der Waals surface area contributed by atoms with Crippen LogP contribution in [-0.2, 0) is 14.8 Å². The zero-order chi connectivity index (χ0) is 16.2. The first-order chi connectivity index (χ1) is 10.4. The van der Waals surface area contributed by atoms with E-state index in [0.717, 1.165) is 38.4 Å². The van der Waals surface area contributed by atoms with Gasteiger partial charge >= 0.3 is 0 Å². The summed E-state index contributed by atoms with van der Waals surface area (Å²) >= 11 is 6.00. The topological polar surface area (TPSA) is 66.5 Å². The molecule has 1 saturated carbocycles. The summed E-state index contributed by atoms with van der Waals surface area (Å²) in [6.45, 7) is -0.172. The summed E-state index contributed by atoms with van der Waals surface area (Å²) in [4.78, 5) is 12.2. The molecule has 0 atom stereocenters. The first kappa shape index (κ1) is 17.2. The molecule has 122 valence electrons. The largest absolute Gasteiger partial charge is 0.324 e. The number of sulfonamides is 1. The number of benzene rings is 1. The lowest BCUT2D eigenvalue weighted by Gasteiger charge is -2.31. The molecular weight excluding hydrogens is 324 g/mol. The molecule has 0 aliphatic heterocycles. The zero-order valence-electron chi connectivity index (χ0n) is 12.6. The smallest absolute Gasteiger partial charge is 0.239 e. The monoisotopic (exact) mass is 344 g/mol. The third kappa shape index (κ3) is 4.69. The standard InChI is InChI=1S/C15H21ClN2O3S/c1-22(20,21)18(12-7-3-2-4-8-12)11-15(19)17-14-10-6-5-9-13(14)16/h5-6,9-10,12H,2-4,7-8,11H2,1H3,(H,17,19). The van der Waals surface area contributed by atoms with Crippen molar-refractivity contribution < 1.29 is 13.2 Å². The molecule has 1 aromatic rings. The summed E-state index contributed by atoms with van der Waals surface area (Å²) in [5, 5.41) is 3.10. The lowest BCUT2D eigenvalue weighted by molar-refractivity contribution is -0.116. The average Bonchev–Trinajstić information content (AvgIpc) is 2.47. The van der Waals surface area contributed by atoms with Gasteiger partial charge < -0.3 is 5.32 Å². The van der Waals surface area contributed by atoms with Crippen LogP contribution in [0.25, 0.3) is 0 Å². The molecule has 7 heteroatoms. The van der Waals surface area contributed by atoms with Crippen LogP contribution in [0.4, 0.5) is 5.69 Å². The summed E-state index contributed by atoms with van der Waals surface area (Å²) in [7, 11) is -3.42. The van der Waals surface area contributed by atoms with E-state index in [0.29, 0.717) is 10.7 Å². The van der Waals surface area contributed by atoms with Crippen LogP contribution in [0.3, 0.4) is 0 Å². The summed E-state index contributed by atoms with van der Waals surface area (Å²) in [5.41, 5.74) is 0.492. The summed E-state index contributed by atoms with van der Waals surface area (Å²) in [6.07, 6.45) is 5.91. The van der Waals surface area contributed by atoms with Crippen LogP contribution in [0.1, 0.15) is 32.1 Å². The van der Waals surface area contributed by atoms with E-state index in [1.54, 1.807) is 24.3 Å². The van der Waals surface area contributed by atoms with Crippen molar-refractivity contribution in [2.45, 2.75) is 38.1 Å². The van der Waals surface area contributed by atoms with Crippen molar-refractivity contribution in [2.75, 3.05) is 18.1 Å². The van der Waals surface area contributed by atoms with Gasteiger partial charge in [-0.25, -0.2) is 8.42 Å². The van der Waals surface area contributed by atoms with Gasteiger partial charge in [0.1, 0.15) is 0 Å². The van der Waals surface area contributed by atoms with Crippen LogP contribution in [0.2, 0.25) is 5.02 Å². The Balaban J connectivity index is 2.07. The van der Waals surface area contributed by atoms with Gasteiger partial charge in [-0.3, -0.25) is 4.79 Å². The van der Waals surface area contributed by atoms with Crippen LogP contribution < -0.4 is 5.32 Å². The molecule has 0 saturated heterocycles. The molecule has 0 unspecified atom stereocenters. The fourth-order valence-corrected chi connectivity index (χ4v) is 4.07. The Kier molecular flexibility index (Phi) is 5.83. The van der Waals surface area contributed by atoms with Crippen molar-refractivity contribution in [3.05, 3.63) is 29.3 Å². The Bertz CT molecular complexity index is 627. The van der Waals surface area contributed by atoms with Gasteiger partial charge in [0.05, 0.1) is 23.5 Å². The van der Waals surface area contributed by atoms with Crippen molar-refractivity contribution >= 4 is 33.2 Å². The molecule has 5 nitrogen and oxygen atoms in total. The first-order valence-electron chi connectivity index (χ1n) is 7.39.